The van der Waals surface area contributed by atoms with Crippen molar-refractivity contribution in [3.8, 4) is 0 Å². The number of benzene rings is 3. The molecule has 28 heavy (non-hydrogen) atoms. The van der Waals surface area contributed by atoms with E-state index in [0.29, 0.717) is 5.69 Å². The van der Waals surface area contributed by atoms with Crippen molar-refractivity contribution in [1.82, 2.24) is 5.32 Å². The van der Waals surface area contributed by atoms with Gasteiger partial charge < -0.3 is 5.32 Å². The third kappa shape index (κ3) is 4.51. The number of nitrogens with zero attached hydrogens (tertiary/aromatic N) is 1. The van der Waals surface area contributed by atoms with Crippen LogP contribution in [0.5, 0.6) is 0 Å². The second-order valence-electron chi connectivity index (χ2n) is 6.95. The zero-order valence-corrected chi connectivity index (χ0v) is 17.0. The number of hydrogen-bond donors (Lipinski definition) is 1. The molecule has 0 spiro atoms. The Labute approximate surface area is 166 Å². The predicted octanol–water partition coefficient (Wildman–Crippen LogP) is 3.79. The largest absolute Gasteiger partial charge is 0.348 e. The van der Waals surface area contributed by atoms with Gasteiger partial charge in [-0.25, -0.2) is 8.42 Å². The summed E-state index contributed by atoms with van der Waals surface area (Å²) < 4.78 is 25.7. The summed E-state index contributed by atoms with van der Waals surface area (Å²) in [5.74, 6) is -0.352. The quantitative estimate of drug-likeness (QED) is 0.689. The summed E-state index contributed by atoms with van der Waals surface area (Å²) in [5, 5.41) is 5.14. The van der Waals surface area contributed by atoms with Gasteiger partial charge in [0.1, 0.15) is 6.54 Å². The first kappa shape index (κ1) is 19.9. The van der Waals surface area contributed by atoms with Crippen molar-refractivity contribution in [3.63, 3.8) is 0 Å². The van der Waals surface area contributed by atoms with E-state index < -0.39 is 10.0 Å². The Kier molecular flexibility index (Phi) is 5.70. The van der Waals surface area contributed by atoms with Gasteiger partial charge in [-0.3, -0.25) is 9.10 Å². The van der Waals surface area contributed by atoms with Crippen LogP contribution in [0, 0.1) is 6.92 Å². The molecular formula is C22H24N2O3S. The number of fused-ring (bicyclic) bond motifs is 1. The summed E-state index contributed by atoms with van der Waals surface area (Å²) in [6, 6.07) is 20.9. The molecule has 3 aromatic carbocycles. The lowest BCUT2D eigenvalue weighted by atomic mass is 10.0. The topological polar surface area (TPSA) is 66.5 Å². The van der Waals surface area contributed by atoms with E-state index in [4.69, 9.17) is 0 Å². The van der Waals surface area contributed by atoms with Crippen LogP contribution in [-0.2, 0) is 14.8 Å². The number of anilines is 1. The van der Waals surface area contributed by atoms with Gasteiger partial charge in [0.2, 0.25) is 15.9 Å². The van der Waals surface area contributed by atoms with Crippen LogP contribution < -0.4 is 9.62 Å². The van der Waals surface area contributed by atoms with Crippen molar-refractivity contribution < 1.29 is 13.2 Å². The highest BCUT2D eigenvalue weighted by Crippen LogP contribution is 2.23. The Morgan fingerprint density at radius 3 is 2.32 bits per heavy atom. The average Bonchev–Trinajstić information content (AvgIpc) is 2.65. The molecule has 1 N–H and O–H groups in total. The Hall–Kier alpha value is -2.86. The van der Waals surface area contributed by atoms with Crippen LogP contribution in [-0.4, -0.2) is 27.1 Å². The lowest BCUT2D eigenvalue weighted by Gasteiger charge is -2.24. The maximum atomic E-state index is 12.6. The van der Waals surface area contributed by atoms with Crippen LogP contribution in [0.3, 0.4) is 0 Å². The van der Waals surface area contributed by atoms with Gasteiger partial charge >= 0.3 is 0 Å². The normalized spacial score (nSPS) is 12.5. The summed E-state index contributed by atoms with van der Waals surface area (Å²) in [7, 11) is -3.59. The molecule has 0 aliphatic heterocycles. The van der Waals surface area contributed by atoms with Gasteiger partial charge in [0.15, 0.2) is 0 Å². The highest BCUT2D eigenvalue weighted by Gasteiger charge is 2.23. The first-order chi connectivity index (χ1) is 13.3. The van der Waals surface area contributed by atoms with Gasteiger partial charge in [0.05, 0.1) is 18.0 Å². The number of hydrogen-bond acceptors (Lipinski definition) is 3. The SMILES string of the molecule is Cc1ccccc1N(CC(=O)NC(C)c1ccc2ccccc2c1)S(C)(=O)=O. The van der Waals surface area contributed by atoms with Crippen molar-refractivity contribution in [2.45, 2.75) is 19.9 Å². The Bertz CT molecular complexity index is 1110. The van der Waals surface area contributed by atoms with Crippen LogP contribution in [0.25, 0.3) is 10.8 Å². The Morgan fingerprint density at radius 1 is 1.00 bits per heavy atom. The van der Waals surface area contributed by atoms with Crippen LogP contribution in [0.1, 0.15) is 24.1 Å². The first-order valence-corrected chi connectivity index (χ1v) is 10.9. The number of sulfonamides is 1. The van der Waals surface area contributed by atoms with E-state index in [2.05, 4.69) is 5.32 Å². The fourth-order valence-electron chi connectivity index (χ4n) is 3.20. The predicted molar refractivity (Wildman–Crippen MR) is 114 cm³/mol. The fraction of sp³-hybridized carbons (Fsp3) is 0.227. The zero-order valence-electron chi connectivity index (χ0n) is 16.2. The molecule has 3 aromatic rings. The van der Waals surface area contributed by atoms with Crippen LogP contribution in [0.4, 0.5) is 5.69 Å². The third-order valence-electron chi connectivity index (χ3n) is 4.72. The van der Waals surface area contributed by atoms with Gasteiger partial charge in [-0.2, -0.15) is 0 Å². The van der Waals surface area contributed by atoms with Crippen LogP contribution in [0.2, 0.25) is 0 Å². The minimum Gasteiger partial charge on any atom is -0.348 e. The van der Waals surface area contributed by atoms with Gasteiger partial charge in [0.25, 0.3) is 0 Å². The number of rotatable bonds is 6. The zero-order chi connectivity index (χ0) is 20.3. The van der Waals surface area contributed by atoms with Crippen molar-refractivity contribution in [2.24, 2.45) is 0 Å². The maximum Gasteiger partial charge on any atom is 0.241 e. The molecule has 0 aliphatic rings. The molecule has 1 unspecified atom stereocenters. The number of amides is 1. The minimum atomic E-state index is -3.59. The lowest BCUT2D eigenvalue weighted by molar-refractivity contribution is -0.120. The number of carbonyl (C=O) groups is 1. The van der Waals surface area contributed by atoms with Crippen molar-refractivity contribution in [2.75, 3.05) is 17.1 Å². The second kappa shape index (κ2) is 8.02. The molecule has 0 aromatic heterocycles. The monoisotopic (exact) mass is 396 g/mol. The van der Waals surface area contributed by atoms with E-state index in [0.717, 1.165) is 32.5 Å². The summed E-state index contributed by atoms with van der Waals surface area (Å²) in [4.78, 5) is 12.6. The number of nitrogens with one attached hydrogen (secondary N) is 1. The molecule has 5 nitrogen and oxygen atoms in total. The van der Waals surface area contributed by atoms with Gasteiger partial charge in [-0.05, 0) is 47.9 Å². The van der Waals surface area contributed by atoms with Gasteiger partial charge in [-0.15, -0.1) is 0 Å². The molecule has 0 radical (unpaired) electrons. The number of carbonyl (C=O) groups excluding carboxylic acids is 1. The van der Waals surface area contributed by atoms with E-state index in [1.165, 1.54) is 0 Å². The van der Waals surface area contributed by atoms with Crippen molar-refractivity contribution >= 4 is 32.4 Å². The summed E-state index contributed by atoms with van der Waals surface area (Å²) in [6.45, 7) is 3.45. The smallest absolute Gasteiger partial charge is 0.241 e. The molecular weight excluding hydrogens is 372 g/mol. The second-order valence-corrected chi connectivity index (χ2v) is 8.86. The molecule has 0 fully saturated rings. The number of para-hydroxylation sites is 1. The summed E-state index contributed by atoms with van der Waals surface area (Å²) in [5.41, 5.74) is 2.27. The van der Waals surface area contributed by atoms with E-state index in [1.807, 2.05) is 68.4 Å². The lowest BCUT2D eigenvalue weighted by Crippen LogP contribution is -2.41. The van der Waals surface area contributed by atoms with E-state index in [-0.39, 0.29) is 18.5 Å². The molecule has 3 rings (SSSR count). The van der Waals surface area contributed by atoms with E-state index >= 15 is 0 Å². The summed E-state index contributed by atoms with van der Waals surface area (Å²) >= 11 is 0. The van der Waals surface area contributed by atoms with Crippen molar-refractivity contribution in [1.29, 1.82) is 0 Å². The maximum absolute atomic E-state index is 12.6. The highest BCUT2D eigenvalue weighted by molar-refractivity contribution is 7.92. The molecule has 0 aliphatic carbocycles. The fourth-order valence-corrected chi connectivity index (χ4v) is 4.12. The molecule has 6 heteroatoms. The highest BCUT2D eigenvalue weighted by atomic mass is 32.2. The first-order valence-electron chi connectivity index (χ1n) is 9.07. The standard InChI is InChI=1S/C22H24N2O3S/c1-16-8-4-7-11-21(16)24(28(3,26)27)15-22(25)23-17(2)19-13-12-18-9-5-6-10-20(18)14-19/h4-14,17H,15H2,1-3H3,(H,23,25). The number of aryl methyl sites for hydroxylation is 1. The van der Waals surface area contributed by atoms with E-state index in [9.17, 15) is 13.2 Å². The van der Waals surface area contributed by atoms with Gasteiger partial charge in [-0.1, -0.05) is 54.6 Å². The van der Waals surface area contributed by atoms with Gasteiger partial charge in [0, 0.05) is 0 Å². The Balaban J connectivity index is 1.77. The molecule has 0 saturated heterocycles. The molecule has 0 saturated carbocycles. The summed E-state index contributed by atoms with van der Waals surface area (Å²) in [6.07, 6.45) is 1.11. The minimum absolute atomic E-state index is 0.240. The third-order valence-corrected chi connectivity index (χ3v) is 5.85. The molecule has 1 atom stereocenters. The van der Waals surface area contributed by atoms with Crippen LogP contribution >= 0.6 is 0 Å². The van der Waals surface area contributed by atoms with Crippen LogP contribution in [0.15, 0.2) is 66.7 Å². The Morgan fingerprint density at radius 2 is 1.64 bits per heavy atom. The average molecular weight is 397 g/mol. The molecule has 0 heterocycles. The molecule has 146 valence electrons. The van der Waals surface area contributed by atoms with E-state index in [1.54, 1.807) is 12.1 Å². The van der Waals surface area contributed by atoms with Crippen molar-refractivity contribution in [3.05, 3.63) is 77.9 Å². The molecule has 1 amide bonds. The molecule has 0 bridgehead atoms.